The molecular weight excluding hydrogens is 198 g/mol. The quantitative estimate of drug-likeness (QED) is 0.700. The van der Waals surface area contributed by atoms with Crippen LogP contribution in [0.2, 0.25) is 5.02 Å². The van der Waals surface area contributed by atoms with E-state index in [0.717, 1.165) is 5.69 Å². The lowest BCUT2D eigenvalue weighted by Gasteiger charge is -2.16. The number of aliphatic imine (C=N–C) groups is 1. The average molecular weight is 208 g/mol. The number of anilines is 1. The minimum Gasteiger partial charge on any atom is -0.375 e. The molecule has 0 saturated carbocycles. The molecule has 0 unspecified atom stereocenters. The lowest BCUT2D eigenvalue weighted by Crippen LogP contribution is -2.10. The SMILES string of the molecule is C=Nc1cc(Cl)cc(C#N)c1N(C)C. The molecule has 0 heterocycles. The van der Waals surface area contributed by atoms with E-state index in [4.69, 9.17) is 16.9 Å². The van der Waals surface area contributed by atoms with Crippen molar-refractivity contribution in [2.45, 2.75) is 0 Å². The second-order valence-electron chi connectivity index (χ2n) is 2.99. The Labute approximate surface area is 88.2 Å². The first-order valence-electron chi connectivity index (χ1n) is 3.98. The molecule has 0 N–H and O–H groups in total. The summed E-state index contributed by atoms with van der Waals surface area (Å²) >= 11 is 5.83. The zero-order valence-electron chi connectivity index (χ0n) is 8.08. The van der Waals surface area contributed by atoms with Crippen molar-refractivity contribution in [1.29, 1.82) is 5.26 Å². The maximum Gasteiger partial charge on any atom is 0.101 e. The lowest BCUT2D eigenvalue weighted by atomic mass is 10.1. The van der Waals surface area contributed by atoms with Gasteiger partial charge in [0.1, 0.15) is 6.07 Å². The molecule has 0 bridgehead atoms. The Morgan fingerprint density at radius 1 is 1.50 bits per heavy atom. The van der Waals surface area contributed by atoms with Crippen LogP contribution in [0.15, 0.2) is 17.1 Å². The van der Waals surface area contributed by atoms with Gasteiger partial charge in [0.05, 0.1) is 16.9 Å². The fourth-order valence-electron chi connectivity index (χ4n) is 1.26. The fraction of sp³-hybridized carbons (Fsp3) is 0.200. The highest BCUT2D eigenvalue weighted by molar-refractivity contribution is 6.31. The Kier molecular flexibility index (Phi) is 3.10. The van der Waals surface area contributed by atoms with E-state index in [-0.39, 0.29) is 0 Å². The molecule has 1 rings (SSSR count). The smallest absolute Gasteiger partial charge is 0.101 e. The maximum atomic E-state index is 8.91. The molecule has 0 saturated heterocycles. The summed E-state index contributed by atoms with van der Waals surface area (Å²) in [5.41, 5.74) is 1.87. The minimum absolute atomic E-state index is 0.495. The van der Waals surface area contributed by atoms with Crippen molar-refractivity contribution in [2.75, 3.05) is 19.0 Å². The highest BCUT2D eigenvalue weighted by Crippen LogP contribution is 2.33. The van der Waals surface area contributed by atoms with Gasteiger partial charge in [-0.3, -0.25) is 4.99 Å². The number of nitriles is 1. The molecule has 0 aliphatic rings. The van der Waals surface area contributed by atoms with Crippen molar-refractivity contribution >= 4 is 29.7 Å². The van der Waals surface area contributed by atoms with Gasteiger partial charge in [-0.05, 0) is 18.9 Å². The summed E-state index contributed by atoms with van der Waals surface area (Å²) in [6, 6.07) is 5.38. The molecule has 1 aromatic rings. The topological polar surface area (TPSA) is 39.4 Å². The van der Waals surface area contributed by atoms with Crippen LogP contribution < -0.4 is 4.90 Å². The predicted molar refractivity (Wildman–Crippen MR) is 59.7 cm³/mol. The molecule has 0 aliphatic carbocycles. The second kappa shape index (κ2) is 4.12. The summed E-state index contributed by atoms with van der Waals surface area (Å²) in [5, 5.41) is 9.41. The summed E-state index contributed by atoms with van der Waals surface area (Å²) in [4.78, 5) is 5.65. The highest BCUT2D eigenvalue weighted by Gasteiger charge is 2.10. The average Bonchev–Trinajstić information content (AvgIpc) is 2.15. The van der Waals surface area contributed by atoms with Crippen LogP contribution >= 0.6 is 11.6 Å². The number of rotatable bonds is 2. The fourth-order valence-corrected chi connectivity index (χ4v) is 1.47. The van der Waals surface area contributed by atoms with Gasteiger partial charge in [-0.25, -0.2) is 0 Å². The molecule has 0 aromatic heterocycles. The highest BCUT2D eigenvalue weighted by atomic mass is 35.5. The van der Waals surface area contributed by atoms with Gasteiger partial charge in [0.25, 0.3) is 0 Å². The molecule has 0 aliphatic heterocycles. The number of benzene rings is 1. The normalized spacial score (nSPS) is 9.29. The van der Waals surface area contributed by atoms with Crippen molar-refractivity contribution < 1.29 is 0 Å². The van der Waals surface area contributed by atoms with Gasteiger partial charge in [0, 0.05) is 19.1 Å². The van der Waals surface area contributed by atoms with E-state index < -0.39 is 0 Å². The van der Waals surface area contributed by atoms with Crippen LogP contribution in [0, 0.1) is 11.3 Å². The van der Waals surface area contributed by atoms with Gasteiger partial charge in [0.15, 0.2) is 0 Å². The van der Waals surface area contributed by atoms with Gasteiger partial charge in [-0.1, -0.05) is 11.6 Å². The van der Waals surface area contributed by atoms with Crippen molar-refractivity contribution in [3.63, 3.8) is 0 Å². The molecule has 0 spiro atoms. The van der Waals surface area contributed by atoms with E-state index in [1.54, 1.807) is 12.1 Å². The van der Waals surface area contributed by atoms with Gasteiger partial charge in [-0.15, -0.1) is 0 Å². The van der Waals surface area contributed by atoms with E-state index in [1.165, 1.54) is 0 Å². The Bertz CT molecular complexity index is 405. The van der Waals surface area contributed by atoms with Crippen molar-refractivity contribution in [1.82, 2.24) is 0 Å². The van der Waals surface area contributed by atoms with Crippen LogP contribution in [0.1, 0.15) is 5.56 Å². The lowest BCUT2D eigenvalue weighted by molar-refractivity contribution is 1.12. The standard InChI is InChI=1S/C10H10ClN3/c1-13-9-5-8(11)4-7(6-12)10(9)14(2)3/h4-5H,1H2,2-3H3. The van der Waals surface area contributed by atoms with E-state index in [9.17, 15) is 0 Å². The molecule has 3 nitrogen and oxygen atoms in total. The molecular formula is C10H10ClN3. The van der Waals surface area contributed by atoms with Crippen LogP contribution in [-0.2, 0) is 0 Å². The van der Waals surface area contributed by atoms with Crippen LogP contribution in [0.4, 0.5) is 11.4 Å². The predicted octanol–water partition coefficient (Wildman–Crippen LogP) is 2.61. The number of hydrogen-bond donors (Lipinski definition) is 0. The Hall–Kier alpha value is -1.53. The van der Waals surface area contributed by atoms with E-state index in [2.05, 4.69) is 17.8 Å². The van der Waals surface area contributed by atoms with E-state index in [0.29, 0.717) is 16.3 Å². The van der Waals surface area contributed by atoms with Gasteiger partial charge >= 0.3 is 0 Å². The molecule has 14 heavy (non-hydrogen) atoms. The third-order valence-electron chi connectivity index (χ3n) is 1.79. The third-order valence-corrected chi connectivity index (χ3v) is 2.01. The zero-order valence-corrected chi connectivity index (χ0v) is 8.84. The molecule has 72 valence electrons. The third kappa shape index (κ3) is 1.86. The first kappa shape index (κ1) is 10.6. The first-order chi connectivity index (χ1) is 6.60. The molecule has 0 atom stereocenters. The van der Waals surface area contributed by atoms with Crippen molar-refractivity contribution in [3.8, 4) is 6.07 Å². The summed E-state index contributed by atoms with van der Waals surface area (Å²) in [5.74, 6) is 0. The Morgan fingerprint density at radius 3 is 2.57 bits per heavy atom. The van der Waals surface area contributed by atoms with Crippen LogP contribution in [0.25, 0.3) is 0 Å². The molecule has 4 heteroatoms. The van der Waals surface area contributed by atoms with Crippen molar-refractivity contribution in [3.05, 3.63) is 22.7 Å². The summed E-state index contributed by atoms with van der Waals surface area (Å²) in [6.45, 7) is 3.45. The van der Waals surface area contributed by atoms with Gasteiger partial charge < -0.3 is 4.90 Å². The number of nitrogens with zero attached hydrogens (tertiary/aromatic N) is 3. The maximum absolute atomic E-state index is 8.91. The van der Waals surface area contributed by atoms with E-state index in [1.807, 2.05) is 19.0 Å². The van der Waals surface area contributed by atoms with Crippen molar-refractivity contribution in [2.24, 2.45) is 4.99 Å². The monoisotopic (exact) mass is 207 g/mol. The second-order valence-corrected chi connectivity index (χ2v) is 3.42. The van der Waals surface area contributed by atoms with Crippen LogP contribution in [-0.4, -0.2) is 20.8 Å². The van der Waals surface area contributed by atoms with Gasteiger partial charge in [-0.2, -0.15) is 5.26 Å². The Balaban J connectivity index is 3.50. The van der Waals surface area contributed by atoms with Crippen LogP contribution in [0.5, 0.6) is 0 Å². The first-order valence-corrected chi connectivity index (χ1v) is 4.35. The zero-order chi connectivity index (χ0) is 10.7. The largest absolute Gasteiger partial charge is 0.375 e. The van der Waals surface area contributed by atoms with Gasteiger partial charge in [0.2, 0.25) is 0 Å². The number of hydrogen-bond acceptors (Lipinski definition) is 3. The minimum atomic E-state index is 0.495. The summed E-state index contributed by atoms with van der Waals surface area (Å²) in [7, 11) is 3.69. The summed E-state index contributed by atoms with van der Waals surface area (Å²) in [6.07, 6.45) is 0. The molecule has 0 amide bonds. The van der Waals surface area contributed by atoms with E-state index >= 15 is 0 Å². The number of halogens is 1. The molecule has 1 aromatic carbocycles. The molecule has 0 radical (unpaired) electrons. The Morgan fingerprint density at radius 2 is 2.14 bits per heavy atom. The van der Waals surface area contributed by atoms with Crippen LogP contribution in [0.3, 0.4) is 0 Å². The summed E-state index contributed by atoms with van der Waals surface area (Å²) < 4.78 is 0. The molecule has 0 fully saturated rings.